The fraction of sp³-hybridized carbons (Fsp3) is 0.405. The number of amides is 2. The minimum absolute atomic E-state index is 0.240. The highest BCUT2D eigenvalue weighted by Crippen LogP contribution is 2.23. The van der Waals surface area contributed by atoms with Crippen LogP contribution in [0.25, 0.3) is 0 Å². The molecule has 51 heavy (non-hydrogen) atoms. The number of aromatic nitrogens is 4. The van der Waals surface area contributed by atoms with Crippen LogP contribution in [0, 0.1) is 11.8 Å². The number of nitrogens with one attached hydrogen (secondary N) is 2. The van der Waals surface area contributed by atoms with Gasteiger partial charge in [-0.15, -0.1) is 0 Å². The average molecular weight is 717 g/mol. The Hall–Kier alpha value is -5.17. The lowest BCUT2D eigenvalue weighted by atomic mass is 9.97. The summed E-state index contributed by atoms with van der Waals surface area (Å²) in [4.78, 5) is 44.4. The molecule has 270 valence electrons. The molecule has 2 amide bonds. The second-order valence-corrected chi connectivity index (χ2v) is 12.7. The molecule has 6 rings (SSSR count). The number of hydrogen-bond acceptors (Lipinski definition) is 11. The Bertz CT molecular complexity index is 1640. The lowest BCUT2D eigenvalue weighted by Crippen LogP contribution is -2.40. The van der Waals surface area contributed by atoms with Gasteiger partial charge in [-0.1, -0.05) is 72.3 Å². The van der Waals surface area contributed by atoms with E-state index in [1.165, 1.54) is 0 Å². The smallest absolute Gasteiger partial charge is 0.410 e. The Morgan fingerprint density at radius 3 is 1.57 bits per heavy atom. The maximum absolute atomic E-state index is 12.2. The summed E-state index contributed by atoms with van der Waals surface area (Å²) < 4.78 is 16.0. The number of hydrogen-bond donors (Lipinski definition) is 2. The third kappa shape index (κ3) is 12.0. The van der Waals surface area contributed by atoms with E-state index in [0.717, 1.165) is 49.9 Å². The van der Waals surface area contributed by atoms with Gasteiger partial charge in [0.25, 0.3) is 5.88 Å². The van der Waals surface area contributed by atoms with Gasteiger partial charge < -0.3 is 34.6 Å². The highest BCUT2D eigenvalue weighted by Gasteiger charge is 2.25. The Kier molecular flexibility index (Phi) is 14.5. The lowest BCUT2D eigenvalue weighted by molar-refractivity contribution is 0.0826. The van der Waals surface area contributed by atoms with E-state index >= 15 is 0 Å². The van der Waals surface area contributed by atoms with Crippen LogP contribution in [-0.4, -0.2) is 88.3 Å². The van der Waals surface area contributed by atoms with E-state index in [0.29, 0.717) is 73.9 Å². The quantitative estimate of drug-likeness (QED) is 0.175. The molecule has 13 nitrogen and oxygen atoms in total. The number of methoxy groups -OCH3 is 1. The van der Waals surface area contributed by atoms with Crippen molar-refractivity contribution in [2.75, 3.05) is 57.0 Å². The summed E-state index contributed by atoms with van der Waals surface area (Å²) in [5, 5.41) is 6.90. The molecule has 0 saturated carbocycles. The van der Waals surface area contributed by atoms with Crippen LogP contribution in [0.1, 0.15) is 36.8 Å². The van der Waals surface area contributed by atoms with E-state index in [9.17, 15) is 9.59 Å². The molecule has 2 fully saturated rings. The van der Waals surface area contributed by atoms with Gasteiger partial charge in [-0.2, -0.15) is 0 Å². The van der Waals surface area contributed by atoms with Gasteiger partial charge in [-0.25, -0.2) is 29.5 Å². The maximum atomic E-state index is 12.2. The molecule has 0 unspecified atom stereocenters. The molecular weight excluding hydrogens is 672 g/mol. The number of anilines is 2. The Labute approximate surface area is 303 Å². The Balaban J connectivity index is 0.000000198. The van der Waals surface area contributed by atoms with E-state index in [1.807, 2.05) is 60.7 Å². The molecule has 2 aliphatic heterocycles. The van der Waals surface area contributed by atoms with Crippen LogP contribution in [0.4, 0.5) is 21.2 Å². The van der Waals surface area contributed by atoms with Crippen LogP contribution in [0.15, 0.2) is 85.5 Å². The van der Waals surface area contributed by atoms with Gasteiger partial charge in [-0.05, 0) is 48.6 Å². The van der Waals surface area contributed by atoms with Crippen molar-refractivity contribution >= 4 is 35.4 Å². The van der Waals surface area contributed by atoms with Crippen molar-refractivity contribution in [1.82, 2.24) is 29.7 Å². The van der Waals surface area contributed by atoms with Crippen LogP contribution >= 0.6 is 11.6 Å². The van der Waals surface area contributed by atoms with E-state index in [4.69, 9.17) is 25.8 Å². The van der Waals surface area contributed by atoms with Crippen molar-refractivity contribution in [3.63, 3.8) is 0 Å². The summed E-state index contributed by atoms with van der Waals surface area (Å²) in [6, 6.07) is 19.4. The first-order valence-electron chi connectivity index (χ1n) is 17.2. The van der Waals surface area contributed by atoms with Crippen LogP contribution in [0.2, 0.25) is 5.15 Å². The van der Waals surface area contributed by atoms with E-state index in [-0.39, 0.29) is 12.2 Å². The standard InChI is InChI=1S/C19H24N4O3.C18H21ClN4O2/c1-25-18-17(20-9-10-21-18)22-13-15-7-11-23(12-8-15)19(24)26-14-16-5-3-2-4-6-16;19-16-17(21-9-8-20-16)22-12-14-6-10-23(11-7-14)18(24)25-13-15-4-2-1-3-5-15/h2-6,9-10,15H,7-8,11-14H2,1H3,(H,20,22);1-5,8-9,14H,6-7,10-13H2,(H,21,22). The van der Waals surface area contributed by atoms with Crippen molar-refractivity contribution < 1.29 is 23.8 Å². The fourth-order valence-corrected chi connectivity index (χ4v) is 5.95. The molecule has 2 aliphatic rings. The third-order valence-corrected chi connectivity index (χ3v) is 9.06. The molecule has 0 atom stereocenters. The highest BCUT2D eigenvalue weighted by molar-refractivity contribution is 6.31. The minimum Gasteiger partial charge on any atom is -0.478 e. The van der Waals surface area contributed by atoms with Crippen molar-refractivity contribution in [1.29, 1.82) is 0 Å². The van der Waals surface area contributed by atoms with Crippen LogP contribution < -0.4 is 15.4 Å². The number of ether oxygens (including phenoxy) is 3. The van der Waals surface area contributed by atoms with E-state index in [2.05, 4.69) is 30.6 Å². The number of piperidine rings is 2. The van der Waals surface area contributed by atoms with Crippen LogP contribution in [-0.2, 0) is 22.7 Å². The van der Waals surface area contributed by atoms with Gasteiger partial charge in [-0.3, -0.25) is 0 Å². The maximum Gasteiger partial charge on any atom is 0.410 e. The normalized spacial score (nSPS) is 14.9. The van der Waals surface area contributed by atoms with Gasteiger partial charge in [0.15, 0.2) is 16.8 Å². The molecule has 2 aromatic carbocycles. The zero-order valence-electron chi connectivity index (χ0n) is 28.8. The zero-order valence-corrected chi connectivity index (χ0v) is 29.6. The first-order chi connectivity index (χ1) is 25.0. The monoisotopic (exact) mass is 716 g/mol. The van der Waals surface area contributed by atoms with Gasteiger partial charge in [0.2, 0.25) is 0 Å². The van der Waals surface area contributed by atoms with Gasteiger partial charge in [0, 0.05) is 64.1 Å². The molecule has 2 N–H and O–H groups in total. The first kappa shape index (κ1) is 37.1. The topological polar surface area (TPSA) is 144 Å². The summed E-state index contributed by atoms with van der Waals surface area (Å²) in [7, 11) is 1.58. The van der Waals surface area contributed by atoms with E-state index in [1.54, 1.807) is 41.7 Å². The van der Waals surface area contributed by atoms with Gasteiger partial charge in [0.1, 0.15) is 13.2 Å². The number of carbonyl (C=O) groups is 2. The van der Waals surface area contributed by atoms with Crippen molar-refractivity contribution in [2.24, 2.45) is 11.8 Å². The van der Waals surface area contributed by atoms with Gasteiger partial charge in [0.05, 0.1) is 7.11 Å². The largest absolute Gasteiger partial charge is 0.478 e. The van der Waals surface area contributed by atoms with Crippen LogP contribution in [0.5, 0.6) is 5.88 Å². The molecule has 0 radical (unpaired) electrons. The molecule has 2 aromatic heterocycles. The Morgan fingerprint density at radius 1 is 0.667 bits per heavy atom. The van der Waals surface area contributed by atoms with Gasteiger partial charge >= 0.3 is 12.2 Å². The molecule has 4 heterocycles. The molecule has 0 aliphatic carbocycles. The number of benzene rings is 2. The molecule has 0 bridgehead atoms. The predicted octanol–water partition coefficient (Wildman–Crippen LogP) is 6.54. The number of likely N-dealkylation sites (tertiary alicyclic amines) is 2. The number of carbonyl (C=O) groups excluding carboxylic acids is 2. The summed E-state index contributed by atoms with van der Waals surface area (Å²) in [5.41, 5.74) is 1.99. The second kappa shape index (κ2) is 19.9. The highest BCUT2D eigenvalue weighted by atomic mass is 35.5. The predicted molar refractivity (Wildman–Crippen MR) is 194 cm³/mol. The SMILES string of the molecule is COc1nccnc1NCC1CCN(C(=O)OCc2ccccc2)CC1.O=C(OCc1ccccc1)N1CCC(CNc2nccnc2Cl)CC1. The summed E-state index contributed by atoms with van der Waals surface area (Å²) in [5.74, 6) is 2.69. The lowest BCUT2D eigenvalue weighted by Gasteiger charge is -2.31. The van der Waals surface area contributed by atoms with Crippen LogP contribution in [0.3, 0.4) is 0 Å². The molecular formula is C37H45ClN8O5. The average Bonchev–Trinajstić information content (AvgIpc) is 3.19. The number of rotatable bonds is 11. The zero-order chi connectivity index (χ0) is 35.7. The summed E-state index contributed by atoms with van der Waals surface area (Å²) in [6.45, 7) is 4.99. The fourth-order valence-electron chi connectivity index (χ4n) is 5.78. The second-order valence-electron chi connectivity index (χ2n) is 12.3. The molecule has 0 spiro atoms. The van der Waals surface area contributed by atoms with Crippen molar-refractivity contribution in [3.05, 3.63) is 102 Å². The number of halogens is 1. The molecule has 4 aromatic rings. The summed E-state index contributed by atoms with van der Waals surface area (Å²) >= 11 is 5.99. The summed E-state index contributed by atoms with van der Waals surface area (Å²) in [6.07, 6.45) is 9.62. The first-order valence-corrected chi connectivity index (χ1v) is 17.6. The third-order valence-electron chi connectivity index (χ3n) is 8.78. The Morgan fingerprint density at radius 2 is 1.10 bits per heavy atom. The van der Waals surface area contributed by atoms with E-state index < -0.39 is 0 Å². The molecule has 2 saturated heterocycles. The number of nitrogens with zero attached hydrogens (tertiary/aromatic N) is 6. The van der Waals surface area contributed by atoms with Crippen molar-refractivity contribution in [3.8, 4) is 5.88 Å². The minimum atomic E-state index is -0.243. The molecule has 14 heteroatoms. The van der Waals surface area contributed by atoms with Crippen molar-refractivity contribution in [2.45, 2.75) is 38.9 Å².